The predicted molar refractivity (Wildman–Crippen MR) is 101 cm³/mol. The molecule has 1 N–H and O–H groups in total. The van der Waals surface area contributed by atoms with Gasteiger partial charge < -0.3 is 19.7 Å². The van der Waals surface area contributed by atoms with Gasteiger partial charge in [0.2, 0.25) is 0 Å². The molecular formula is C20H25N3O3. The maximum Gasteiger partial charge on any atom is 0.274 e. The second kappa shape index (κ2) is 8.56. The van der Waals surface area contributed by atoms with Gasteiger partial charge in [0.1, 0.15) is 5.75 Å². The topological polar surface area (TPSA) is 63.7 Å². The van der Waals surface area contributed by atoms with E-state index in [0.717, 1.165) is 37.4 Å². The molecule has 1 aromatic carbocycles. The third-order valence-electron chi connectivity index (χ3n) is 4.46. The number of carbonyl (C=O) groups excluding carboxylic acids is 1. The number of methoxy groups -OCH3 is 1. The number of nitrogens with one attached hydrogen (secondary N) is 1. The minimum atomic E-state index is -0.188. The normalized spacial score (nSPS) is 16.8. The van der Waals surface area contributed by atoms with Gasteiger partial charge in [-0.3, -0.25) is 4.79 Å². The first-order valence-electron chi connectivity index (χ1n) is 8.99. The minimum absolute atomic E-state index is 0.0685. The maximum atomic E-state index is 12.7. The van der Waals surface area contributed by atoms with Gasteiger partial charge in [-0.2, -0.15) is 0 Å². The van der Waals surface area contributed by atoms with Gasteiger partial charge >= 0.3 is 0 Å². The molecule has 1 amide bonds. The number of nitrogens with zero attached hydrogens (tertiary/aromatic N) is 2. The van der Waals surface area contributed by atoms with E-state index in [2.05, 4.69) is 21.3 Å². The Morgan fingerprint density at radius 2 is 2.23 bits per heavy atom. The molecule has 6 nitrogen and oxygen atoms in total. The van der Waals surface area contributed by atoms with Crippen LogP contribution in [0.15, 0.2) is 42.6 Å². The fourth-order valence-electron chi connectivity index (χ4n) is 3.22. The van der Waals surface area contributed by atoms with Gasteiger partial charge in [-0.15, -0.1) is 0 Å². The summed E-state index contributed by atoms with van der Waals surface area (Å²) in [5.74, 6) is 1.17. The lowest BCUT2D eigenvalue weighted by molar-refractivity contribution is 0.0924. The van der Waals surface area contributed by atoms with Crippen LogP contribution in [0.4, 0.5) is 5.69 Å². The van der Waals surface area contributed by atoms with Crippen LogP contribution in [0.5, 0.6) is 11.5 Å². The molecule has 0 saturated carbocycles. The zero-order valence-corrected chi connectivity index (χ0v) is 15.3. The average Bonchev–Trinajstić information content (AvgIpc) is 2.69. The Morgan fingerprint density at radius 3 is 3.04 bits per heavy atom. The Kier molecular flexibility index (Phi) is 5.94. The number of hydrogen-bond donors (Lipinski definition) is 1. The van der Waals surface area contributed by atoms with Crippen molar-refractivity contribution < 1.29 is 14.3 Å². The molecule has 0 bridgehead atoms. The number of carbonyl (C=O) groups is 1. The average molecular weight is 355 g/mol. The number of piperidine rings is 1. The number of amides is 1. The van der Waals surface area contributed by atoms with E-state index in [9.17, 15) is 4.79 Å². The van der Waals surface area contributed by atoms with Crippen LogP contribution >= 0.6 is 0 Å². The van der Waals surface area contributed by atoms with Crippen molar-refractivity contribution in [2.45, 2.75) is 25.8 Å². The van der Waals surface area contributed by atoms with Gasteiger partial charge in [-0.25, -0.2) is 4.98 Å². The lowest BCUT2D eigenvalue weighted by Gasteiger charge is -2.35. The van der Waals surface area contributed by atoms with Crippen LogP contribution in [-0.4, -0.2) is 43.7 Å². The predicted octanol–water partition coefficient (Wildman–Crippen LogP) is 2.89. The molecule has 2 aromatic rings. The quantitative estimate of drug-likeness (QED) is 0.863. The van der Waals surface area contributed by atoms with Crippen LogP contribution < -0.4 is 19.7 Å². The second-order valence-electron chi connectivity index (χ2n) is 6.24. The number of rotatable bonds is 6. The first-order valence-corrected chi connectivity index (χ1v) is 8.99. The van der Waals surface area contributed by atoms with Crippen molar-refractivity contribution in [2.24, 2.45) is 0 Å². The summed E-state index contributed by atoms with van der Waals surface area (Å²) >= 11 is 0. The summed E-state index contributed by atoms with van der Waals surface area (Å²) in [4.78, 5) is 19.1. The molecule has 1 saturated heterocycles. The van der Waals surface area contributed by atoms with E-state index in [1.807, 2.05) is 25.1 Å². The van der Waals surface area contributed by atoms with Crippen LogP contribution in [0, 0.1) is 0 Å². The molecule has 1 atom stereocenters. The smallest absolute Gasteiger partial charge is 0.274 e. The zero-order valence-electron chi connectivity index (χ0n) is 15.3. The number of hydrogen-bond acceptors (Lipinski definition) is 5. The van der Waals surface area contributed by atoms with Gasteiger partial charge in [-0.05, 0) is 44.0 Å². The molecule has 3 rings (SSSR count). The van der Waals surface area contributed by atoms with Gasteiger partial charge in [0.15, 0.2) is 11.4 Å². The summed E-state index contributed by atoms with van der Waals surface area (Å²) in [5.41, 5.74) is 1.45. The molecule has 1 aromatic heterocycles. The standard InChI is InChI=1S/C20H25N3O3/c1-3-26-18-10-5-11-21-19(18)20(24)22-15-7-6-12-23(14-15)16-8-4-9-17(13-16)25-2/h4-5,8-11,13,15H,3,6-7,12,14H2,1-2H3,(H,22,24). The van der Waals surface area contributed by atoms with E-state index in [1.54, 1.807) is 25.4 Å². The van der Waals surface area contributed by atoms with Crippen LogP contribution in [0.25, 0.3) is 0 Å². The van der Waals surface area contributed by atoms with Crippen LogP contribution in [0.1, 0.15) is 30.3 Å². The zero-order chi connectivity index (χ0) is 18.4. The third kappa shape index (κ3) is 4.25. The van der Waals surface area contributed by atoms with E-state index in [4.69, 9.17) is 9.47 Å². The lowest BCUT2D eigenvalue weighted by Crippen LogP contribution is -2.48. The van der Waals surface area contributed by atoms with E-state index in [-0.39, 0.29) is 11.9 Å². The molecule has 1 aliphatic heterocycles. The molecule has 0 aliphatic carbocycles. The fourth-order valence-corrected chi connectivity index (χ4v) is 3.22. The summed E-state index contributed by atoms with van der Waals surface area (Å²) in [6.07, 6.45) is 3.58. The van der Waals surface area contributed by atoms with E-state index in [1.165, 1.54) is 0 Å². The highest BCUT2D eigenvalue weighted by Gasteiger charge is 2.24. The highest BCUT2D eigenvalue weighted by Crippen LogP contribution is 2.24. The molecule has 0 spiro atoms. The Labute approximate surface area is 154 Å². The summed E-state index contributed by atoms with van der Waals surface area (Å²) < 4.78 is 10.8. The highest BCUT2D eigenvalue weighted by atomic mass is 16.5. The summed E-state index contributed by atoms with van der Waals surface area (Å²) in [6.45, 7) is 4.11. The number of pyridine rings is 1. The van der Waals surface area contributed by atoms with Crippen molar-refractivity contribution in [1.29, 1.82) is 0 Å². The SMILES string of the molecule is CCOc1cccnc1C(=O)NC1CCCN(c2cccc(OC)c2)C1. The molecule has 1 aliphatic rings. The highest BCUT2D eigenvalue weighted by molar-refractivity contribution is 5.95. The second-order valence-corrected chi connectivity index (χ2v) is 6.24. The molecular weight excluding hydrogens is 330 g/mol. The maximum absolute atomic E-state index is 12.7. The van der Waals surface area contributed by atoms with Crippen LogP contribution in [0.3, 0.4) is 0 Å². The van der Waals surface area contributed by atoms with Gasteiger partial charge in [0.05, 0.1) is 13.7 Å². The number of anilines is 1. The van der Waals surface area contributed by atoms with Crippen molar-refractivity contribution in [3.05, 3.63) is 48.3 Å². The Bertz CT molecular complexity index is 751. The van der Waals surface area contributed by atoms with Crippen LogP contribution in [0.2, 0.25) is 0 Å². The van der Waals surface area contributed by atoms with Gasteiger partial charge in [0, 0.05) is 37.1 Å². The van der Waals surface area contributed by atoms with E-state index >= 15 is 0 Å². The number of aromatic nitrogens is 1. The first kappa shape index (κ1) is 18.0. The summed E-state index contributed by atoms with van der Waals surface area (Å²) in [6, 6.07) is 11.6. The minimum Gasteiger partial charge on any atom is -0.497 e. The molecule has 138 valence electrons. The van der Waals surface area contributed by atoms with Gasteiger partial charge in [0.25, 0.3) is 5.91 Å². The largest absolute Gasteiger partial charge is 0.497 e. The first-order chi connectivity index (χ1) is 12.7. The monoisotopic (exact) mass is 355 g/mol. The molecule has 1 fully saturated rings. The Morgan fingerprint density at radius 1 is 1.35 bits per heavy atom. The molecule has 6 heteroatoms. The molecule has 0 radical (unpaired) electrons. The van der Waals surface area contributed by atoms with Crippen molar-refractivity contribution in [3.63, 3.8) is 0 Å². The third-order valence-corrected chi connectivity index (χ3v) is 4.46. The van der Waals surface area contributed by atoms with Crippen molar-refractivity contribution in [3.8, 4) is 11.5 Å². The molecule has 1 unspecified atom stereocenters. The molecule has 2 heterocycles. The van der Waals surface area contributed by atoms with E-state index < -0.39 is 0 Å². The van der Waals surface area contributed by atoms with Crippen molar-refractivity contribution in [1.82, 2.24) is 10.3 Å². The Balaban J connectivity index is 1.67. The Hall–Kier alpha value is -2.76. The van der Waals surface area contributed by atoms with Crippen molar-refractivity contribution in [2.75, 3.05) is 31.7 Å². The number of benzene rings is 1. The van der Waals surface area contributed by atoms with Crippen LogP contribution in [-0.2, 0) is 0 Å². The van der Waals surface area contributed by atoms with Gasteiger partial charge in [-0.1, -0.05) is 6.07 Å². The van der Waals surface area contributed by atoms with E-state index in [0.29, 0.717) is 18.1 Å². The lowest BCUT2D eigenvalue weighted by atomic mass is 10.0. The summed E-state index contributed by atoms with van der Waals surface area (Å²) in [7, 11) is 1.67. The fraction of sp³-hybridized carbons (Fsp3) is 0.400. The van der Waals surface area contributed by atoms with Crippen molar-refractivity contribution >= 4 is 11.6 Å². The number of ether oxygens (including phenoxy) is 2. The summed E-state index contributed by atoms with van der Waals surface area (Å²) in [5, 5.41) is 3.11. The molecule has 26 heavy (non-hydrogen) atoms.